The van der Waals surface area contributed by atoms with Gasteiger partial charge in [-0.1, -0.05) is 27.2 Å². The summed E-state index contributed by atoms with van der Waals surface area (Å²) in [5, 5.41) is 16.2. The molecule has 0 amide bonds. The fourth-order valence-electron chi connectivity index (χ4n) is 2.37. The Balaban J connectivity index is 0.000000396. The minimum Gasteiger partial charge on any atom is -0.366 e. The third-order valence-corrected chi connectivity index (χ3v) is 2.93. The van der Waals surface area contributed by atoms with Gasteiger partial charge in [0.1, 0.15) is 0 Å². The quantitative estimate of drug-likeness (QED) is 0.668. The van der Waals surface area contributed by atoms with Gasteiger partial charge in [0.25, 0.3) is 0 Å². The molecule has 3 atom stereocenters. The van der Waals surface area contributed by atoms with Crippen LogP contribution in [0.2, 0.25) is 0 Å². The molecule has 3 unspecified atom stereocenters. The van der Waals surface area contributed by atoms with Crippen LogP contribution in [-0.2, 0) is 9.47 Å². The van der Waals surface area contributed by atoms with E-state index in [1.54, 1.807) is 0 Å². The van der Waals surface area contributed by atoms with E-state index >= 15 is 0 Å². The summed E-state index contributed by atoms with van der Waals surface area (Å²) in [4.78, 5) is 0. The van der Waals surface area contributed by atoms with Gasteiger partial charge in [-0.3, -0.25) is 0 Å². The molecule has 0 aromatic rings. The summed E-state index contributed by atoms with van der Waals surface area (Å²) in [7, 11) is 0. The predicted molar refractivity (Wildman–Crippen MR) is 76.7 cm³/mol. The van der Waals surface area contributed by atoms with Gasteiger partial charge in [-0.2, -0.15) is 0 Å². The van der Waals surface area contributed by atoms with Crippen LogP contribution in [0.5, 0.6) is 0 Å². The fourth-order valence-corrected chi connectivity index (χ4v) is 2.37. The number of rotatable bonds is 0. The molecule has 1 aliphatic heterocycles. The Kier molecular flexibility index (Phi) is 7.51. The molecule has 2 rings (SSSR count). The maximum atomic E-state index is 8.08. The van der Waals surface area contributed by atoms with Gasteiger partial charge in [0.15, 0.2) is 11.6 Å². The third kappa shape index (κ3) is 7.88. The SMILES string of the molecule is CC.CC(C)(O)O.CC1CCCC2OC(C)(C)OC12. The molecule has 116 valence electrons. The summed E-state index contributed by atoms with van der Waals surface area (Å²) in [6, 6.07) is 0. The Morgan fingerprint density at radius 2 is 1.53 bits per heavy atom. The summed E-state index contributed by atoms with van der Waals surface area (Å²) >= 11 is 0. The Morgan fingerprint density at radius 3 is 1.95 bits per heavy atom. The highest BCUT2D eigenvalue weighted by Crippen LogP contribution is 2.39. The molecular weight excluding hydrogens is 244 g/mol. The van der Waals surface area contributed by atoms with E-state index in [1.807, 2.05) is 27.7 Å². The average molecular weight is 276 g/mol. The van der Waals surface area contributed by atoms with Crippen molar-refractivity contribution in [3.63, 3.8) is 0 Å². The zero-order valence-electron chi connectivity index (χ0n) is 13.6. The first-order valence-corrected chi connectivity index (χ1v) is 7.39. The fraction of sp³-hybridized carbons (Fsp3) is 1.00. The van der Waals surface area contributed by atoms with Crippen LogP contribution in [0.4, 0.5) is 0 Å². The Bertz CT molecular complexity index is 239. The summed E-state index contributed by atoms with van der Waals surface area (Å²) in [5.74, 6) is -1.17. The van der Waals surface area contributed by atoms with Gasteiger partial charge in [-0.05, 0) is 46.5 Å². The second kappa shape index (κ2) is 7.58. The molecule has 4 nitrogen and oxygen atoms in total. The normalized spacial score (nSPS) is 32.4. The van der Waals surface area contributed by atoms with Crippen molar-refractivity contribution >= 4 is 0 Å². The molecule has 2 N–H and O–H groups in total. The van der Waals surface area contributed by atoms with Crippen molar-refractivity contribution in [2.24, 2.45) is 5.92 Å². The number of hydrogen-bond acceptors (Lipinski definition) is 4. The maximum Gasteiger partial charge on any atom is 0.163 e. The van der Waals surface area contributed by atoms with E-state index in [0.29, 0.717) is 18.1 Å². The van der Waals surface area contributed by atoms with E-state index in [2.05, 4.69) is 6.92 Å². The largest absolute Gasteiger partial charge is 0.366 e. The van der Waals surface area contributed by atoms with E-state index in [-0.39, 0.29) is 5.79 Å². The molecule has 0 spiro atoms. The van der Waals surface area contributed by atoms with Crippen LogP contribution in [0, 0.1) is 5.92 Å². The van der Waals surface area contributed by atoms with E-state index in [9.17, 15) is 0 Å². The summed E-state index contributed by atoms with van der Waals surface area (Å²) in [6.07, 6.45) is 4.48. The molecular formula is C15H32O4. The second-order valence-electron chi connectivity index (χ2n) is 6.04. The predicted octanol–water partition coefficient (Wildman–Crippen LogP) is 3.06. The van der Waals surface area contributed by atoms with E-state index < -0.39 is 5.79 Å². The van der Waals surface area contributed by atoms with Gasteiger partial charge >= 0.3 is 0 Å². The molecule has 0 radical (unpaired) electrons. The maximum absolute atomic E-state index is 8.08. The first-order chi connectivity index (χ1) is 8.58. The zero-order chi connectivity index (χ0) is 15.3. The van der Waals surface area contributed by atoms with Crippen LogP contribution in [0.15, 0.2) is 0 Å². The molecule has 1 heterocycles. The molecule has 19 heavy (non-hydrogen) atoms. The van der Waals surface area contributed by atoms with E-state index in [1.165, 1.54) is 33.1 Å². The van der Waals surface area contributed by atoms with Crippen LogP contribution >= 0.6 is 0 Å². The Labute approximate surface area is 118 Å². The van der Waals surface area contributed by atoms with Crippen molar-refractivity contribution in [1.82, 2.24) is 0 Å². The van der Waals surface area contributed by atoms with Crippen molar-refractivity contribution in [2.45, 2.75) is 91.5 Å². The lowest BCUT2D eigenvalue weighted by Crippen LogP contribution is -2.33. The molecule has 0 aromatic heterocycles. The molecule has 1 saturated heterocycles. The van der Waals surface area contributed by atoms with E-state index in [0.717, 1.165) is 0 Å². The highest BCUT2D eigenvalue weighted by molar-refractivity contribution is 4.88. The van der Waals surface area contributed by atoms with Crippen LogP contribution in [-0.4, -0.2) is 34.0 Å². The summed E-state index contributed by atoms with van der Waals surface area (Å²) in [6.45, 7) is 12.9. The lowest BCUT2D eigenvalue weighted by atomic mass is 9.86. The lowest BCUT2D eigenvalue weighted by molar-refractivity contribution is -0.148. The second-order valence-corrected chi connectivity index (χ2v) is 6.04. The first-order valence-electron chi connectivity index (χ1n) is 7.39. The van der Waals surface area contributed by atoms with Crippen molar-refractivity contribution in [3.8, 4) is 0 Å². The minimum atomic E-state index is -1.50. The Hall–Kier alpha value is -0.160. The molecule has 1 aliphatic carbocycles. The lowest BCUT2D eigenvalue weighted by Gasteiger charge is -2.28. The molecule has 2 aliphatic rings. The van der Waals surface area contributed by atoms with Gasteiger partial charge in [-0.15, -0.1) is 0 Å². The topological polar surface area (TPSA) is 58.9 Å². The van der Waals surface area contributed by atoms with Crippen LogP contribution in [0.1, 0.15) is 67.7 Å². The molecule has 4 heteroatoms. The standard InChI is InChI=1S/C10H18O2.C3H8O2.C2H6/c1-7-5-4-6-8-9(7)12-10(2,3)11-8;1-3(2,4)5;1-2/h7-9H,4-6H2,1-3H3;4-5H,1-2H3;1-2H3. The molecule has 1 saturated carbocycles. The minimum absolute atomic E-state index is 0.339. The van der Waals surface area contributed by atoms with Crippen molar-refractivity contribution in [3.05, 3.63) is 0 Å². The zero-order valence-corrected chi connectivity index (χ0v) is 13.6. The highest BCUT2D eigenvalue weighted by atomic mass is 16.8. The molecule has 0 bridgehead atoms. The van der Waals surface area contributed by atoms with Crippen LogP contribution < -0.4 is 0 Å². The van der Waals surface area contributed by atoms with Crippen molar-refractivity contribution in [2.75, 3.05) is 0 Å². The van der Waals surface area contributed by atoms with Gasteiger partial charge in [-0.25, -0.2) is 0 Å². The number of ether oxygens (including phenoxy) is 2. The van der Waals surface area contributed by atoms with Gasteiger partial charge in [0.2, 0.25) is 0 Å². The van der Waals surface area contributed by atoms with Gasteiger partial charge in [0.05, 0.1) is 12.2 Å². The monoisotopic (exact) mass is 276 g/mol. The van der Waals surface area contributed by atoms with Gasteiger partial charge < -0.3 is 19.7 Å². The van der Waals surface area contributed by atoms with Crippen LogP contribution in [0.25, 0.3) is 0 Å². The summed E-state index contributed by atoms with van der Waals surface area (Å²) < 4.78 is 11.6. The number of hydrogen-bond donors (Lipinski definition) is 2. The number of aliphatic hydroxyl groups is 2. The third-order valence-electron chi connectivity index (χ3n) is 2.93. The first kappa shape index (κ1) is 18.8. The van der Waals surface area contributed by atoms with Crippen molar-refractivity contribution in [1.29, 1.82) is 0 Å². The molecule has 2 fully saturated rings. The Morgan fingerprint density at radius 1 is 1.05 bits per heavy atom. The van der Waals surface area contributed by atoms with Crippen molar-refractivity contribution < 1.29 is 19.7 Å². The van der Waals surface area contributed by atoms with Gasteiger partial charge in [0, 0.05) is 0 Å². The van der Waals surface area contributed by atoms with Crippen LogP contribution in [0.3, 0.4) is 0 Å². The van der Waals surface area contributed by atoms with E-state index in [4.69, 9.17) is 19.7 Å². The average Bonchev–Trinajstić information content (AvgIpc) is 2.55. The smallest absolute Gasteiger partial charge is 0.163 e. The molecule has 0 aromatic carbocycles. The summed E-state index contributed by atoms with van der Waals surface area (Å²) in [5.41, 5.74) is 0. The highest BCUT2D eigenvalue weighted by Gasteiger charge is 2.45. The number of fused-ring (bicyclic) bond motifs is 1.